The van der Waals surface area contributed by atoms with Crippen molar-refractivity contribution in [2.45, 2.75) is 32.4 Å². The van der Waals surface area contributed by atoms with E-state index in [0.29, 0.717) is 24.7 Å². The van der Waals surface area contributed by atoms with Crippen molar-refractivity contribution in [2.75, 3.05) is 25.1 Å². The number of aryl methyl sites for hydroxylation is 1. The molecule has 1 aliphatic rings. The van der Waals surface area contributed by atoms with Gasteiger partial charge in [0.25, 0.3) is 5.91 Å². The van der Waals surface area contributed by atoms with E-state index in [1.54, 1.807) is 17.3 Å². The summed E-state index contributed by atoms with van der Waals surface area (Å²) < 4.78 is 7.29. The molecule has 1 N–H and O–H groups in total. The Morgan fingerprint density at radius 2 is 2.16 bits per heavy atom. The number of aromatic nitrogens is 3. The Labute approximate surface area is 148 Å². The fourth-order valence-electron chi connectivity index (χ4n) is 2.89. The number of hydrogen-bond donors (Lipinski definition) is 1. The largest absolute Gasteiger partial charge is 0.381 e. The Hall–Kier alpha value is -2.41. The number of imidazole rings is 1. The average molecular weight is 343 g/mol. The lowest BCUT2D eigenvalue weighted by atomic mass is 10.1. The molecule has 0 atom stereocenters. The number of anilines is 1. The van der Waals surface area contributed by atoms with Crippen LogP contribution in [-0.4, -0.2) is 51.1 Å². The van der Waals surface area contributed by atoms with Crippen LogP contribution in [0, 0.1) is 0 Å². The Balaban J connectivity index is 1.63. The SMILES string of the molecule is CCN(Cc1nccn1C)C(=O)c1ccc(NC2CCOCC2)nc1. The van der Waals surface area contributed by atoms with Crippen molar-refractivity contribution in [3.8, 4) is 0 Å². The summed E-state index contributed by atoms with van der Waals surface area (Å²) >= 11 is 0. The van der Waals surface area contributed by atoms with E-state index in [1.807, 2.05) is 36.9 Å². The third kappa shape index (κ3) is 4.36. The molecule has 134 valence electrons. The van der Waals surface area contributed by atoms with E-state index in [9.17, 15) is 4.79 Å². The number of nitrogens with zero attached hydrogens (tertiary/aromatic N) is 4. The second-order valence-electron chi connectivity index (χ2n) is 6.24. The molecule has 1 amide bonds. The molecule has 0 spiro atoms. The van der Waals surface area contributed by atoms with Crippen LogP contribution < -0.4 is 5.32 Å². The van der Waals surface area contributed by atoms with Crippen LogP contribution >= 0.6 is 0 Å². The van der Waals surface area contributed by atoms with Gasteiger partial charge in [-0.15, -0.1) is 0 Å². The maximum Gasteiger partial charge on any atom is 0.255 e. The Morgan fingerprint density at radius 3 is 2.76 bits per heavy atom. The topological polar surface area (TPSA) is 72.3 Å². The maximum absolute atomic E-state index is 12.7. The molecule has 0 aromatic carbocycles. The van der Waals surface area contributed by atoms with Crippen molar-refractivity contribution in [2.24, 2.45) is 7.05 Å². The van der Waals surface area contributed by atoms with Gasteiger partial charge in [-0.3, -0.25) is 4.79 Å². The van der Waals surface area contributed by atoms with Crippen LogP contribution in [0.1, 0.15) is 35.9 Å². The quantitative estimate of drug-likeness (QED) is 0.869. The van der Waals surface area contributed by atoms with Gasteiger partial charge in [0, 0.05) is 51.4 Å². The number of nitrogens with one attached hydrogen (secondary N) is 1. The predicted octanol–water partition coefficient (Wildman–Crippen LogP) is 2.07. The lowest BCUT2D eigenvalue weighted by Crippen LogP contribution is -2.31. The molecular formula is C18H25N5O2. The standard InChI is InChI=1S/C18H25N5O2/c1-3-23(13-17-19-8-9-22(17)2)18(24)14-4-5-16(20-12-14)21-15-6-10-25-11-7-15/h4-5,8-9,12,15H,3,6-7,10-11,13H2,1-2H3,(H,20,21). The fraction of sp³-hybridized carbons (Fsp3) is 0.500. The molecule has 0 aliphatic carbocycles. The number of carbonyl (C=O) groups is 1. The molecular weight excluding hydrogens is 318 g/mol. The summed E-state index contributed by atoms with van der Waals surface area (Å²) in [4.78, 5) is 23.2. The second-order valence-corrected chi connectivity index (χ2v) is 6.24. The monoisotopic (exact) mass is 343 g/mol. The molecule has 1 aliphatic heterocycles. The van der Waals surface area contributed by atoms with Crippen LogP contribution in [0.25, 0.3) is 0 Å². The molecule has 25 heavy (non-hydrogen) atoms. The van der Waals surface area contributed by atoms with Crippen molar-refractivity contribution in [3.05, 3.63) is 42.1 Å². The summed E-state index contributed by atoms with van der Waals surface area (Å²) in [5.74, 6) is 1.63. The molecule has 3 heterocycles. The van der Waals surface area contributed by atoms with Crippen molar-refractivity contribution in [3.63, 3.8) is 0 Å². The molecule has 0 bridgehead atoms. The molecule has 1 saturated heterocycles. The zero-order chi connectivity index (χ0) is 17.6. The number of hydrogen-bond acceptors (Lipinski definition) is 5. The molecule has 0 radical (unpaired) electrons. The van der Waals surface area contributed by atoms with Gasteiger partial charge in [0.15, 0.2) is 0 Å². The molecule has 7 nitrogen and oxygen atoms in total. The molecule has 2 aromatic heterocycles. The number of pyridine rings is 1. The first-order valence-corrected chi connectivity index (χ1v) is 8.73. The molecule has 3 rings (SSSR count). The number of rotatable bonds is 6. The highest BCUT2D eigenvalue weighted by atomic mass is 16.5. The zero-order valence-corrected chi connectivity index (χ0v) is 14.8. The van der Waals surface area contributed by atoms with Gasteiger partial charge >= 0.3 is 0 Å². The molecule has 7 heteroatoms. The van der Waals surface area contributed by atoms with Crippen molar-refractivity contribution < 1.29 is 9.53 Å². The molecule has 0 saturated carbocycles. The van der Waals surface area contributed by atoms with E-state index in [1.165, 1.54) is 0 Å². The highest BCUT2D eigenvalue weighted by molar-refractivity contribution is 5.94. The fourth-order valence-corrected chi connectivity index (χ4v) is 2.89. The van der Waals surface area contributed by atoms with E-state index < -0.39 is 0 Å². The Kier molecular flexibility index (Phi) is 5.65. The number of amides is 1. The van der Waals surface area contributed by atoms with Gasteiger partial charge in [-0.05, 0) is 31.9 Å². The van der Waals surface area contributed by atoms with Crippen LogP contribution in [0.5, 0.6) is 0 Å². The summed E-state index contributed by atoms with van der Waals surface area (Å²) in [7, 11) is 1.93. The molecule has 2 aromatic rings. The van der Waals surface area contributed by atoms with Crippen LogP contribution in [0.2, 0.25) is 0 Å². The van der Waals surface area contributed by atoms with E-state index in [4.69, 9.17) is 4.74 Å². The van der Waals surface area contributed by atoms with Gasteiger partial charge in [0.05, 0.1) is 12.1 Å². The molecule has 0 unspecified atom stereocenters. The van der Waals surface area contributed by atoms with Gasteiger partial charge in [0.1, 0.15) is 11.6 Å². The van der Waals surface area contributed by atoms with Gasteiger partial charge in [0.2, 0.25) is 0 Å². The highest BCUT2D eigenvalue weighted by Crippen LogP contribution is 2.15. The summed E-state index contributed by atoms with van der Waals surface area (Å²) in [6, 6.07) is 4.09. The van der Waals surface area contributed by atoms with Crippen molar-refractivity contribution in [1.29, 1.82) is 0 Å². The van der Waals surface area contributed by atoms with Crippen molar-refractivity contribution in [1.82, 2.24) is 19.4 Å². The van der Waals surface area contributed by atoms with Gasteiger partial charge in [-0.1, -0.05) is 0 Å². The summed E-state index contributed by atoms with van der Waals surface area (Å²) in [5, 5.41) is 3.40. The average Bonchev–Trinajstić information content (AvgIpc) is 3.05. The first kappa shape index (κ1) is 17.4. The van der Waals surface area contributed by atoms with Crippen LogP contribution in [0.3, 0.4) is 0 Å². The van der Waals surface area contributed by atoms with Crippen LogP contribution in [0.4, 0.5) is 5.82 Å². The molecule has 1 fully saturated rings. The smallest absolute Gasteiger partial charge is 0.255 e. The lowest BCUT2D eigenvalue weighted by molar-refractivity contribution is 0.0747. The van der Waals surface area contributed by atoms with E-state index in [0.717, 1.165) is 37.7 Å². The van der Waals surface area contributed by atoms with Crippen LogP contribution in [-0.2, 0) is 18.3 Å². The van der Waals surface area contributed by atoms with Crippen molar-refractivity contribution >= 4 is 11.7 Å². The number of ether oxygens (including phenoxy) is 1. The first-order valence-electron chi connectivity index (χ1n) is 8.73. The zero-order valence-electron chi connectivity index (χ0n) is 14.8. The van der Waals surface area contributed by atoms with Crippen LogP contribution in [0.15, 0.2) is 30.7 Å². The third-order valence-electron chi connectivity index (χ3n) is 4.51. The summed E-state index contributed by atoms with van der Waals surface area (Å²) in [6.45, 7) is 4.64. The minimum atomic E-state index is -0.0318. The van der Waals surface area contributed by atoms with Gasteiger partial charge in [-0.2, -0.15) is 0 Å². The highest BCUT2D eigenvalue weighted by Gasteiger charge is 2.18. The second kappa shape index (κ2) is 8.11. The van der Waals surface area contributed by atoms with E-state index in [2.05, 4.69) is 15.3 Å². The Morgan fingerprint density at radius 1 is 1.36 bits per heavy atom. The first-order chi connectivity index (χ1) is 12.2. The lowest BCUT2D eigenvalue weighted by Gasteiger charge is -2.24. The van der Waals surface area contributed by atoms with E-state index in [-0.39, 0.29) is 5.91 Å². The minimum absolute atomic E-state index is 0.0318. The minimum Gasteiger partial charge on any atom is -0.381 e. The third-order valence-corrected chi connectivity index (χ3v) is 4.51. The maximum atomic E-state index is 12.7. The number of carbonyl (C=O) groups excluding carboxylic acids is 1. The Bertz CT molecular complexity index is 692. The van der Waals surface area contributed by atoms with Gasteiger partial charge < -0.3 is 19.5 Å². The summed E-state index contributed by atoms with van der Waals surface area (Å²) in [5.41, 5.74) is 0.591. The summed E-state index contributed by atoms with van der Waals surface area (Å²) in [6.07, 6.45) is 7.23. The normalized spacial score (nSPS) is 15.1. The predicted molar refractivity (Wildman–Crippen MR) is 95.3 cm³/mol. The van der Waals surface area contributed by atoms with Gasteiger partial charge in [-0.25, -0.2) is 9.97 Å². The van der Waals surface area contributed by atoms with E-state index >= 15 is 0 Å².